The van der Waals surface area contributed by atoms with Gasteiger partial charge in [0.05, 0.1) is 13.7 Å². The van der Waals surface area contributed by atoms with Crippen molar-refractivity contribution in [3.63, 3.8) is 0 Å². The molecular formula is C10H11FO4. The molecule has 1 aromatic rings. The third kappa shape index (κ3) is 2.37. The maximum atomic E-state index is 13.3. The Hall–Kier alpha value is -1.78. The van der Waals surface area contributed by atoms with Gasteiger partial charge in [-0.1, -0.05) is 0 Å². The van der Waals surface area contributed by atoms with Crippen LogP contribution in [0.25, 0.3) is 0 Å². The number of halogens is 1. The lowest BCUT2D eigenvalue weighted by Crippen LogP contribution is -2.03. The van der Waals surface area contributed by atoms with Gasteiger partial charge in [0.1, 0.15) is 11.3 Å². The molecule has 0 fully saturated rings. The molecule has 0 unspecified atom stereocenters. The van der Waals surface area contributed by atoms with Gasteiger partial charge in [-0.25, -0.2) is 9.18 Å². The number of methoxy groups -OCH3 is 1. The summed E-state index contributed by atoms with van der Waals surface area (Å²) in [6.45, 7) is 2.00. The van der Waals surface area contributed by atoms with Crippen LogP contribution in [0.2, 0.25) is 0 Å². The van der Waals surface area contributed by atoms with Gasteiger partial charge < -0.3 is 14.6 Å². The summed E-state index contributed by atoms with van der Waals surface area (Å²) in [5.41, 5.74) is -0.224. The summed E-state index contributed by atoms with van der Waals surface area (Å²) in [5, 5.41) is 8.75. The SMILES string of the molecule is CCOc1cc(OC)c(C(=O)O)cc1F. The van der Waals surface area contributed by atoms with E-state index in [1.165, 1.54) is 13.2 Å². The van der Waals surface area contributed by atoms with E-state index < -0.39 is 11.8 Å². The molecule has 0 aliphatic heterocycles. The maximum absolute atomic E-state index is 13.3. The van der Waals surface area contributed by atoms with Gasteiger partial charge in [-0.2, -0.15) is 0 Å². The molecule has 15 heavy (non-hydrogen) atoms. The van der Waals surface area contributed by atoms with Crippen molar-refractivity contribution >= 4 is 5.97 Å². The number of rotatable bonds is 4. The van der Waals surface area contributed by atoms with Crippen molar-refractivity contribution in [3.8, 4) is 11.5 Å². The second kappa shape index (κ2) is 4.63. The van der Waals surface area contributed by atoms with Crippen LogP contribution < -0.4 is 9.47 Å². The average molecular weight is 214 g/mol. The lowest BCUT2D eigenvalue weighted by atomic mass is 10.2. The van der Waals surface area contributed by atoms with Crippen LogP contribution in [0.15, 0.2) is 12.1 Å². The highest BCUT2D eigenvalue weighted by atomic mass is 19.1. The molecule has 1 N–H and O–H groups in total. The van der Waals surface area contributed by atoms with Gasteiger partial charge in [-0.3, -0.25) is 0 Å². The number of benzene rings is 1. The van der Waals surface area contributed by atoms with Crippen molar-refractivity contribution in [3.05, 3.63) is 23.5 Å². The average Bonchev–Trinajstić information content (AvgIpc) is 2.20. The van der Waals surface area contributed by atoms with Crippen molar-refractivity contribution in [2.45, 2.75) is 6.92 Å². The predicted octanol–water partition coefficient (Wildman–Crippen LogP) is 1.93. The molecule has 0 saturated heterocycles. The molecule has 1 aromatic carbocycles. The molecule has 0 aliphatic rings. The number of ether oxygens (including phenoxy) is 2. The van der Waals surface area contributed by atoms with E-state index in [0.717, 1.165) is 6.07 Å². The molecular weight excluding hydrogens is 203 g/mol. The predicted molar refractivity (Wildman–Crippen MR) is 51.1 cm³/mol. The van der Waals surface area contributed by atoms with E-state index in [2.05, 4.69) is 0 Å². The molecule has 0 amide bonds. The summed E-state index contributed by atoms with van der Waals surface area (Å²) in [5.74, 6) is -1.89. The Bertz CT molecular complexity index is 376. The maximum Gasteiger partial charge on any atom is 0.339 e. The molecule has 0 bridgehead atoms. The first kappa shape index (κ1) is 11.3. The first-order valence-electron chi connectivity index (χ1n) is 4.33. The van der Waals surface area contributed by atoms with Crippen molar-refractivity contribution < 1.29 is 23.8 Å². The van der Waals surface area contributed by atoms with Crippen LogP contribution in [0.1, 0.15) is 17.3 Å². The Morgan fingerprint density at radius 3 is 2.60 bits per heavy atom. The van der Waals surface area contributed by atoms with E-state index in [9.17, 15) is 9.18 Å². The van der Waals surface area contributed by atoms with Crippen LogP contribution in [0.5, 0.6) is 11.5 Å². The number of aromatic carboxylic acids is 1. The minimum atomic E-state index is -1.24. The molecule has 0 radical (unpaired) electrons. The standard InChI is InChI=1S/C10H11FO4/c1-3-15-9-5-8(14-2)6(10(12)13)4-7(9)11/h4-5H,3H2,1-2H3,(H,12,13). The fourth-order valence-corrected chi connectivity index (χ4v) is 1.14. The highest BCUT2D eigenvalue weighted by Gasteiger charge is 2.16. The minimum absolute atomic E-state index is 0.0145. The Labute approximate surface area is 86.2 Å². The summed E-state index contributed by atoms with van der Waals surface area (Å²) in [6.07, 6.45) is 0. The highest BCUT2D eigenvalue weighted by Crippen LogP contribution is 2.28. The third-order valence-corrected chi connectivity index (χ3v) is 1.78. The van der Waals surface area contributed by atoms with Crippen LogP contribution in [-0.4, -0.2) is 24.8 Å². The Morgan fingerprint density at radius 2 is 2.13 bits per heavy atom. The second-order valence-corrected chi connectivity index (χ2v) is 2.72. The van der Waals surface area contributed by atoms with E-state index in [-0.39, 0.29) is 17.1 Å². The highest BCUT2D eigenvalue weighted by molar-refractivity contribution is 5.91. The quantitative estimate of drug-likeness (QED) is 0.832. The van der Waals surface area contributed by atoms with Gasteiger partial charge in [0, 0.05) is 6.07 Å². The van der Waals surface area contributed by atoms with E-state index in [4.69, 9.17) is 14.6 Å². The lowest BCUT2D eigenvalue weighted by molar-refractivity contribution is 0.0692. The zero-order valence-corrected chi connectivity index (χ0v) is 8.41. The van der Waals surface area contributed by atoms with Gasteiger partial charge in [0.15, 0.2) is 11.6 Å². The molecule has 0 atom stereocenters. The van der Waals surface area contributed by atoms with Gasteiger partial charge >= 0.3 is 5.97 Å². The zero-order valence-electron chi connectivity index (χ0n) is 8.41. The second-order valence-electron chi connectivity index (χ2n) is 2.72. The molecule has 82 valence electrons. The third-order valence-electron chi connectivity index (χ3n) is 1.78. The number of carbonyl (C=O) groups is 1. The van der Waals surface area contributed by atoms with E-state index in [1.54, 1.807) is 6.92 Å². The first-order chi connectivity index (χ1) is 7.10. The van der Waals surface area contributed by atoms with E-state index in [1.807, 2.05) is 0 Å². The van der Waals surface area contributed by atoms with Crippen molar-refractivity contribution in [1.82, 2.24) is 0 Å². The Balaban J connectivity index is 3.22. The monoisotopic (exact) mass is 214 g/mol. The largest absolute Gasteiger partial charge is 0.496 e. The molecule has 0 aromatic heterocycles. The van der Waals surface area contributed by atoms with E-state index in [0.29, 0.717) is 6.61 Å². The van der Waals surface area contributed by atoms with Crippen LogP contribution in [0.4, 0.5) is 4.39 Å². The van der Waals surface area contributed by atoms with Gasteiger partial charge in [0.25, 0.3) is 0 Å². The summed E-state index contributed by atoms with van der Waals surface area (Å²) in [6, 6.07) is 2.11. The first-order valence-corrected chi connectivity index (χ1v) is 4.33. The molecule has 4 nitrogen and oxygen atoms in total. The molecule has 0 spiro atoms. The molecule has 5 heteroatoms. The fraction of sp³-hybridized carbons (Fsp3) is 0.300. The lowest BCUT2D eigenvalue weighted by Gasteiger charge is -2.09. The summed E-state index contributed by atoms with van der Waals surface area (Å²) >= 11 is 0. The Morgan fingerprint density at radius 1 is 1.47 bits per heavy atom. The normalized spacial score (nSPS) is 9.80. The van der Waals surface area contributed by atoms with Crippen LogP contribution in [0, 0.1) is 5.82 Å². The van der Waals surface area contributed by atoms with Crippen molar-refractivity contribution in [2.75, 3.05) is 13.7 Å². The van der Waals surface area contributed by atoms with Crippen LogP contribution in [0.3, 0.4) is 0 Å². The topological polar surface area (TPSA) is 55.8 Å². The van der Waals surface area contributed by atoms with Crippen molar-refractivity contribution in [2.24, 2.45) is 0 Å². The summed E-state index contributed by atoms with van der Waals surface area (Å²) < 4.78 is 23.1. The smallest absolute Gasteiger partial charge is 0.339 e. The molecule has 0 heterocycles. The fourth-order valence-electron chi connectivity index (χ4n) is 1.14. The number of carboxylic acid groups (broad SMARTS) is 1. The van der Waals surface area contributed by atoms with Gasteiger partial charge in [0.2, 0.25) is 0 Å². The molecule has 0 aliphatic carbocycles. The summed E-state index contributed by atoms with van der Waals surface area (Å²) in [7, 11) is 1.31. The van der Waals surface area contributed by atoms with Crippen LogP contribution in [-0.2, 0) is 0 Å². The number of hydrogen-bond donors (Lipinski definition) is 1. The summed E-state index contributed by atoms with van der Waals surface area (Å²) in [4.78, 5) is 10.7. The number of carboxylic acids is 1. The van der Waals surface area contributed by atoms with E-state index >= 15 is 0 Å². The zero-order chi connectivity index (χ0) is 11.4. The molecule has 1 rings (SSSR count). The Kier molecular flexibility index (Phi) is 3.49. The molecule has 0 saturated carbocycles. The van der Waals surface area contributed by atoms with Crippen molar-refractivity contribution in [1.29, 1.82) is 0 Å². The van der Waals surface area contributed by atoms with Crippen LogP contribution >= 0.6 is 0 Å². The minimum Gasteiger partial charge on any atom is -0.496 e. The van der Waals surface area contributed by atoms with Gasteiger partial charge in [-0.05, 0) is 13.0 Å². The van der Waals surface area contributed by atoms with Gasteiger partial charge in [-0.15, -0.1) is 0 Å². The number of hydrogen-bond acceptors (Lipinski definition) is 3.